The Balaban J connectivity index is 2.79. The molecule has 0 saturated heterocycles. The number of imidazole rings is 1. The number of nitrogens with zero attached hydrogens (tertiary/aromatic N) is 4. The van der Waals surface area contributed by atoms with Crippen molar-refractivity contribution in [1.82, 2.24) is 4.57 Å². The molecule has 1 rings (SSSR count). The number of nitro groups is 1. The van der Waals surface area contributed by atoms with Crippen LogP contribution in [0.2, 0.25) is 0 Å². The molecule has 0 saturated carbocycles. The van der Waals surface area contributed by atoms with Crippen LogP contribution < -0.4 is 4.57 Å². The number of rotatable bonds is 6. The minimum absolute atomic E-state index is 0.0151. The monoisotopic (exact) mass is 271 g/mol. The topological polar surface area (TPSA) is 93.8 Å². The molecule has 1 unspecified atom stereocenters. The Hall–Kier alpha value is -1.96. The van der Waals surface area contributed by atoms with Crippen LogP contribution in [0.3, 0.4) is 0 Å². The molecule has 0 aromatic carbocycles. The predicted octanol–water partition coefficient (Wildman–Crippen LogP) is 0.711. The Kier molecular flexibility index (Phi) is 4.60. The Morgan fingerprint density at radius 3 is 2.89 bits per heavy atom. The van der Waals surface area contributed by atoms with Crippen LogP contribution in [0.1, 0.15) is 32.8 Å². The van der Waals surface area contributed by atoms with Crippen molar-refractivity contribution >= 4 is 6.21 Å². The van der Waals surface area contributed by atoms with E-state index in [4.69, 9.17) is 9.94 Å². The highest BCUT2D eigenvalue weighted by Crippen LogP contribution is 2.14. The molecule has 1 N–H and O–H groups in total. The summed E-state index contributed by atoms with van der Waals surface area (Å²) >= 11 is 0. The molecular formula is C11H19N4O4+. The normalized spacial score (nSPS) is 13.9. The third-order valence-corrected chi connectivity index (χ3v) is 2.81. The first-order chi connectivity index (χ1) is 8.79. The fourth-order valence-corrected chi connectivity index (χ4v) is 1.48. The van der Waals surface area contributed by atoms with Crippen LogP contribution in [0.4, 0.5) is 0 Å². The van der Waals surface area contributed by atoms with Gasteiger partial charge in [-0.1, -0.05) is 5.16 Å². The number of aryl methyl sites for hydroxylation is 1. The van der Waals surface area contributed by atoms with Gasteiger partial charge in [-0.25, -0.2) is 9.13 Å². The maximum absolute atomic E-state index is 10.8. The molecule has 8 nitrogen and oxygen atoms in total. The van der Waals surface area contributed by atoms with Gasteiger partial charge in [-0.05, 0) is 0 Å². The molecule has 0 amide bonds. The molecule has 0 aliphatic heterocycles. The highest BCUT2D eigenvalue weighted by molar-refractivity contribution is 5.72. The average Bonchev–Trinajstić information content (AvgIpc) is 2.69. The molecule has 0 fully saturated rings. The van der Waals surface area contributed by atoms with Crippen molar-refractivity contribution in [2.24, 2.45) is 12.2 Å². The van der Waals surface area contributed by atoms with Crippen LogP contribution in [0.15, 0.2) is 17.5 Å². The maximum atomic E-state index is 10.8. The standard InChI is InChI=1S/C11H18N4O4/c1-9(19-8-11(2,3)15(17)18)14-6-5-13(4)10(14)7-12-16/h5-7,9H,8H2,1-4H3/p+1. The van der Waals surface area contributed by atoms with E-state index in [-0.39, 0.29) is 11.5 Å². The first-order valence-corrected chi connectivity index (χ1v) is 5.79. The molecule has 8 heteroatoms. The number of ether oxygens (including phenoxy) is 1. The maximum Gasteiger partial charge on any atom is 0.305 e. The first kappa shape index (κ1) is 15.1. The van der Waals surface area contributed by atoms with E-state index < -0.39 is 11.8 Å². The van der Waals surface area contributed by atoms with Crippen molar-refractivity contribution in [3.05, 3.63) is 28.3 Å². The van der Waals surface area contributed by atoms with E-state index >= 15 is 0 Å². The smallest absolute Gasteiger partial charge is 0.305 e. The Bertz CT molecular complexity index is 481. The van der Waals surface area contributed by atoms with Crippen molar-refractivity contribution in [2.45, 2.75) is 32.5 Å². The van der Waals surface area contributed by atoms with Crippen LogP contribution in [0.5, 0.6) is 0 Å². The van der Waals surface area contributed by atoms with Crippen LogP contribution in [0.25, 0.3) is 0 Å². The van der Waals surface area contributed by atoms with Crippen molar-refractivity contribution < 1.29 is 19.4 Å². The second-order valence-corrected chi connectivity index (χ2v) is 4.90. The third-order valence-electron chi connectivity index (χ3n) is 2.81. The summed E-state index contributed by atoms with van der Waals surface area (Å²) in [5.41, 5.74) is -1.14. The summed E-state index contributed by atoms with van der Waals surface area (Å²) in [5, 5.41) is 22.4. The van der Waals surface area contributed by atoms with Gasteiger partial charge in [0.25, 0.3) is 0 Å². The lowest BCUT2D eigenvalue weighted by molar-refractivity contribution is -0.672. The molecule has 0 aliphatic carbocycles. The van der Waals surface area contributed by atoms with E-state index in [1.165, 1.54) is 20.1 Å². The average molecular weight is 271 g/mol. The number of hydrogen-bond acceptors (Lipinski definition) is 5. The third kappa shape index (κ3) is 3.50. The molecule has 1 aromatic rings. The van der Waals surface area contributed by atoms with Gasteiger partial charge in [-0.3, -0.25) is 10.1 Å². The van der Waals surface area contributed by atoms with Gasteiger partial charge in [-0.15, -0.1) is 0 Å². The summed E-state index contributed by atoms with van der Waals surface area (Å²) in [6.45, 7) is 4.76. The lowest BCUT2D eigenvalue weighted by atomic mass is 10.1. The SMILES string of the molecule is CC(OCC(C)(C)[N+](=O)[O-])n1cc[n+](C)c1C=NO. The Morgan fingerprint density at radius 1 is 1.74 bits per heavy atom. The van der Waals surface area contributed by atoms with Crippen LogP contribution in [-0.4, -0.2) is 33.1 Å². The molecule has 0 aliphatic rings. The minimum Gasteiger partial charge on any atom is -0.411 e. The highest BCUT2D eigenvalue weighted by Gasteiger charge is 2.33. The van der Waals surface area contributed by atoms with Crippen molar-refractivity contribution in [3.63, 3.8) is 0 Å². The lowest BCUT2D eigenvalue weighted by Gasteiger charge is -2.18. The molecule has 19 heavy (non-hydrogen) atoms. The van der Waals surface area contributed by atoms with Gasteiger partial charge in [0.15, 0.2) is 12.4 Å². The lowest BCUT2D eigenvalue weighted by Crippen LogP contribution is -2.38. The number of hydrogen-bond donors (Lipinski definition) is 1. The molecule has 106 valence electrons. The van der Waals surface area contributed by atoms with E-state index in [1.54, 1.807) is 35.5 Å². The van der Waals surface area contributed by atoms with Gasteiger partial charge >= 0.3 is 5.82 Å². The predicted molar refractivity (Wildman–Crippen MR) is 66.7 cm³/mol. The van der Waals surface area contributed by atoms with Gasteiger partial charge in [0.2, 0.25) is 5.54 Å². The quantitative estimate of drug-likeness (QED) is 0.271. The van der Waals surface area contributed by atoms with E-state index in [0.717, 1.165) is 0 Å². The first-order valence-electron chi connectivity index (χ1n) is 5.79. The van der Waals surface area contributed by atoms with Gasteiger partial charge in [0, 0.05) is 25.7 Å². The molecule has 0 bridgehead atoms. The van der Waals surface area contributed by atoms with Gasteiger partial charge in [0.05, 0.1) is 7.05 Å². The molecule has 1 atom stereocenters. The summed E-state index contributed by atoms with van der Waals surface area (Å²) < 4.78 is 8.99. The molecule has 0 radical (unpaired) electrons. The second-order valence-electron chi connectivity index (χ2n) is 4.90. The molecular weight excluding hydrogens is 252 g/mol. The molecule has 1 heterocycles. The summed E-state index contributed by atoms with van der Waals surface area (Å²) in [7, 11) is 1.79. The van der Waals surface area contributed by atoms with Gasteiger partial charge in [0.1, 0.15) is 19.0 Å². The highest BCUT2D eigenvalue weighted by atomic mass is 16.6. The number of oxime groups is 1. The molecule has 1 aromatic heterocycles. The van der Waals surface area contributed by atoms with Gasteiger partial charge in [-0.2, -0.15) is 0 Å². The van der Waals surface area contributed by atoms with Crippen molar-refractivity contribution in [2.75, 3.05) is 6.61 Å². The fraction of sp³-hybridized carbons (Fsp3) is 0.636. The van der Waals surface area contributed by atoms with Crippen LogP contribution in [-0.2, 0) is 11.8 Å². The minimum atomic E-state index is -1.14. The van der Waals surface area contributed by atoms with E-state index in [0.29, 0.717) is 5.82 Å². The van der Waals surface area contributed by atoms with Gasteiger partial charge < -0.3 is 9.94 Å². The largest absolute Gasteiger partial charge is 0.411 e. The van der Waals surface area contributed by atoms with Crippen molar-refractivity contribution in [3.8, 4) is 0 Å². The van der Waals surface area contributed by atoms with Crippen LogP contribution in [0, 0.1) is 10.1 Å². The second kappa shape index (κ2) is 5.79. The zero-order valence-corrected chi connectivity index (χ0v) is 11.5. The summed E-state index contributed by atoms with van der Waals surface area (Å²) in [5.74, 6) is 0.619. The molecule has 0 spiro atoms. The van der Waals surface area contributed by atoms with E-state index in [1.807, 2.05) is 0 Å². The fourth-order valence-electron chi connectivity index (χ4n) is 1.48. The number of aromatic nitrogens is 2. The summed E-state index contributed by atoms with van der Waals surface area (Å²) in [6, 6.07) is 0. The van der Waals surface area contributed by atoms with Crippen LogP contribution >= 0.6 is 0 Å². The van der Waals surface area contributed by atoms with Crippen molar-refractivity contribution in [1.29, 1.82) is 0 Å². The zero-order valence-electron chi connectivity index (χ0n) is 11.5. The Morgan fingerprint density at radius 2 is 2.37 bits per heavy atom. The van der Waals surface area contributed by atoms with E-state index in [2.05, 4.69) is 5.16 Å². The summed E-state index contributed by atoms with van der Waals surface area (Å²) in [4.78, 5) is 10.4. The Labute approximate surface area is 111 Å². The summed E-state index contributed by atoms with van der Waals surface area (Å²) in [6.07, 6.45) is 4.39. The van der Waals surface area contributed by atoms with E-state index in [9.17, 15) is 10.1 Å². The zero-order chi connectivity index (χ0) is 14.6.